The number of primary amides is 1. The molecule has 0 aromatic rings. The zero-order valence-electron chi connectivity index (χ0n) is 6.87. The van der Waals surface area contributed by atoms with Crippen LogP contribution >= 0.6 is 0 Å². The first-order valence-corrected chi connectivity index (χ1v) is 3.54. The third kappa shape index (κ3) is 8.11. The minimum Gasteiger partial charge on any atom is -0.481 e. The maximum absolute atomic E-state index is 10.7. The van der Waals surface area contributed by atoms with Crippen molar-refractivity contribution in [2.45, 2.75) is 6.42 Å². The molecule has 0 spiro atoms. The number of hydrogen-bond acceptors (Lipinski definition) is 3. The topological polar surface area (TPSA) is 122 Å². The normalized spacial score (nSPS) is 8.92. The summed E-state index contributed by atoms with van der Waals surface area (Å²) in [4.78, 5) is 30.8. The SMILES string of the molecule is NC(=O)NCCNC(=O)CC(=O)O. The van der Waals surface area contributed by atoms with E-state index in [1.54, 1.807) is 0 Å². The van der Waals surface area contributed by atoms with Crippen LogP contribution in [-0.4, -0.2) is 36.1 Å². The molecule has 7 nitrogen and oxygen atoms in total. The Kier molecular flexibility index (Phi) is 5.01. The second-order valence-corrected chi connectivity index (χ2v) is 2.21. The van der Waals surface area contributed by atoms with E-state index in [0.29, 0.717) is 0 Å². The standard InChI is InChI=1S/C6H11N3O4/c7-6(13)9-2-1-8-4(10)3-5(11)12/h1-3H2,(H,8,10)(H,11,12)(H3,7,9,13). The largest absolute Gasteiger partial charge is 0.481 e. The summed E-state index contributed by atoms with van der Waals surface area (Å²) in [6.07, 6.45) is -0.573. The van der Waals surface area contributed by atoms with Gasteiger partial charge in [-0.05, 0) is 0 Å². The molecular formula is C6H11N3O4. The summed E-state index contributed by atoms with van der Waals surface area (Å²) in [5.41, 5.74) is 4.73. The van der Waals surface area contributed by atoms with E-state index < -0.39 is 24.3 Å². The van der Waals surface area contributed by atoms with Crippen LogP contribution in [0.25, 0.3) is 0 Å². The van der Waals surface area contributed by atoms with Crippen molar-refractivity contribution in [1.29, 1.82) is 0 Å². The number of rotatable bonds is 5. The van der Waals surface area contributed by atoms with Gasteiger partial charge in [0.05, 0.1) is 0 Å². The zero-order valence-corrected chi connectivity index (χ0v) is 6.87. The molecule has 0 rings (SSSR count). The summed E-state index contributed by atoms with van der Waals surface area (Å²) >= 11 is 0. The molecule has 0 saturated carbocycles. The van der Waals surface area contributed by atoms with Gasteiger partial charge in [-0.2, -0.15) is 0 Å². The molecule has 0 aromatic carbocycles. The van der Waals surface area contributed by atoms with Gasteiger partial charge < -0.3 is 21.5 Å². The fourth-order valence-electron chi connectivity index (χ4n) is 0.587. The number of carboxylic acid groups (broad SMARTS) is 1. The van der Waals surface area contributed by atoms with Gasteiger partial charge in [-0.25, -0.2) is 4.79 Å². The lowest BCUT2D eigenvalue weighted by atomic mass is 10.4. The van der Waals surface area contributed by atoms with Crippen molar-refractivity contribution in [3.8, 4) is 0 Å². The molecule has 7 heteroatoms. The van der Waals surface area contributed by atoms with E-state index in [1.165, 1.54) is 0 Å². The van der Waals surface area contributed by atoms with Crippen molar-refractivity contribution < 1.29 is 19.5 Å². The molecule has 0 bridgehead atoms. The molecule has 5 N–H and O–H groups in total. The van der Waals surface area contributed by atoms with Gasteiger partial charge >= 0.3 is 12.0 Å². The Hall–Kier alpha value is -1.79. The van der Waals surface area contributed by atoms with E-state index >= 15 is 0 Å². The van der Waals surface area contributed by atoms with Gasteiger partial charge in [-0.1, -0.05) is 0 Å². The van der Waals surface area contributed by atoms with Gasteiger partial charge in [-0.3, -0.25) is 9.59 Å². The van der Waals surface area contributed by atoms with Crippen LogP contribution in [0.15, 0.2) is 0 Å². The number of urea groups is 1. The maximum atomic E-state index is 10.7. The van der Waals surface area contributed by atoms with Gasteiger partial charge in [0.15, 0.2) is 0 Å². The predicted octanol–water partition coefficient (Wildman–Crippen LogP) is -1.75. The second kappa shape index (κ2) is 5.81. The van der Waals surface area contributed by atoms with Crippen molar-refractivity contribution >= 4 is 17.9 Å². The third-order valence-corrected chi connectivity index (χ3v) is 1.06. The quantitative estimate of drug-likeness (QED) is 0.302. The summed E-state index contributed by atoms with van der Waals surface area (Å²) in [7, 11) is 0. The highest BCUT2D eigenvalue weighted by atomic mass is 16.4. The second-order valence-electron chi connectivity index (χ2n) is 2.21. The molecule has 0 aliphatic heterocycles. The van der Waals surface area contributed by atoms with Crippen molar-refractivity contribution in [2.24, 2.45) is 5.73 Å². The summed E-state index contributed by atoms with van der Waals surface area (Å²) in [6.45, 7) is 0.343. The van der Waals surface area contributed by atoms with Crippen molar-refractivity contribution in [3.05, 3.63) is 0 Å². The van der Waals surface area contributed by atoms with Crippen LogP contribution in [0.2, 0.25) is 0 Å². The summed E-state index contributed by atoms with van der Waals surface area (Å²) in [6, 6.07) is -0.688. The molecule has 0 heterocycles. The molecule has 0 fully saturated rings. The molecule has 0 atom stereocenters. The first-order chi connectivity index (χ1) is 6.02. The van der Waals surface area contributed by atoms with Crippen LogP contribution in [0.1, 0.15) is 6.42 Å². The van der Waals surface area contributed by atoms with E-state index in [1.807, 2.05) is 0 Å². The fourth-order valence-corrected chi connectivity index (χ4v) is 0.587. The fraction of sp³-hybridized carbons (Fsp3) is 0.500. The first kappa shape index (κ1) is 11.2. The molecule has 13 heavy (non-hydrogen) atoms. The number of nitrogens with one attached hydrogen (secondary N) is 2. The van der Waals surface area contributed by atoms with Crippen molar-refractivity contribution in [2.75, 3.05) is 13.1 Å². The van der Waals surface area contributed by atoms with Gasteiger partial charge in [0.1, 0.15) is 6.42 Å². The summed E-state index contributed by atoms with van der Waals surface area (Å²) in [5.74, 6) is -1.79. The highest BCUT2D eigenvalue weighted by Crippen LogP contribution is 1.77. The van der Waals surface area contributed by atoms with E-state index in [9.17, 15) is 14.4 Å². The maximum Gasteiger partial charge on any atom is 0.312 e. The highest BCUT2D eigenvalue weighted by molar-refractivity contribution is 5.93. The van der Waals surface area contributed by atoms with Crippen LogP contribution in [0, 0.1) is 0 Å². The Morgan fingerprint density at radius 1 is 1.15 bits per heavy atom. The molecule has 3 amide bonds. The molecule has 0 unspecified atom stereocenters. The summed E-state index contributed by atoms with van der Waals surface area (Å²) in [5, 5.41) is 12.7. The Labute approximate surface area is 74.3 Å². The lowest BCUT2D eigenvalue weighted by Crippen LogP contribution is -2.37. The van der Waals surface area contributed by atoms with Crippen LogP contribution in [0.4, 0.5) is 4.79 Å². The van der Waals surface area contributed by atoms with E-state index in [0.717, 1.165) is 0 Å². The van der Waals surface area contributed by atoms with Crippen molar-refractivity contribution in [1.82, 2.24) is 10.6 Å². The molecule has 0 aliphatic rings. The van der Waals surface area contributed by atoms with Crippen LogP contribution < -0.4 is 16.4 Å². The number of aliphatic carboxylic acids is 1. The first-order valence-electron chi connectivity index (χ1n) is 3.54. The van der Waals surface area contributed by atoms with Crippen LogP contribution in [0.5, 0.6) is 0 Å². The van der Waals surface area contributed by atoms with Crippen LogP contribution in [-0.2, 0) is 9.59 Å². The number of carbonyl (C=O) groups is 3. The molecule has 0 saturated heterocycles. The molecule has 0 aliphatic carbocycles. The minimum atomic E-state index is -1.19. The predicted molar refractivity (Wildman–Crippen MR) is 42.8 cm³/mol. The number of amides is 3. The Bertz CT molecular complexity index is 216. The molecule has 74 valence electrons. The lowest BCUT2D eigenvalue weighted by molar-refractivity contribution is -0.140. The lowest BCUT2D eigenvalue weighted by Gasteiger charge is -2.03. The molecule has 0 radical (unpaired) electrons. The third-order valence-electron chi connectivity index (χ3n) is 1.06. The Balaban J connectivity index is 3.37. The minimum absolute atomic E-state index is 0.162. The number of carboxylic acids is 1. The Morgan fingerprint density at radius 2 is 1.69 bits per heavy atom. The summed E-state index contributed by atoms with van der Waals surface area (Å²) < 4.78 is 0. The van der Waals surface area contributed by atoms with Gasteiger partial charge in [0.2, 0.25) is 5.91 Å². The smallest absolute Gasteiger partial charge is 0.312 e. The molecule has 0 aromatic heterocycles. The van der Waals surface area contributed by atoms with Gasteiger partial charge in [0.25, 0.3) is 0 Å². The van der Waals surface area contributed by atoms with Gasteiger partial charge in [0, 0.05) is 13.1 Å². The highest BCUT2D eigenvalue weighted by Gasteiger charge is 2.05. The van der Waals surface area contributed by atoms with E-state index in [2.05, 4.69) is 10.6 Å². The van der Waals surface area contributed by atoms with Crippen LogP contribution in [0.3, 0.4) is 0 Å². The van der Waals surface area contributed by atoms with E-state index in [-0.39, 0.29) is 13.1 Å². The monoisotopic (exact) mass is 189 g/mol. The Morgan fingerprint density at radius 3 is 2.15 bits per heavy atom. The average molecular weight is 189 g/mol. The number of hydrogen-bond donors (Lipinski definition) is 4. The average Bonchev–Trinajstić information content (AvgIpc) is 1.96. The van der Waals surface area contributed by atoms with Gasteiger partial charge in [-0.15, -0.1) is 0 Å². The molecular weight excluding hydrogens is 178 g/mol. The number of nitrogens with two attached hydrogens (primary N) is 1. The van der Waals surface area contributed by atoms with Crippen molar-refractivity contribution in [3.63, 3.8) is 0 Å². The van der Waals surface area contributed by atoms with E-state index in [4.69, 9.17) is 10.8 Å². The number of carbonyl (C=O) groups excluding carboxylic acids is 2. The zero-order chi connectivity index (χ0) is 10.3.